The van der Waals surface area contributed by atoms with Crippen molar-refractivity contribution in [2.75, 3.05) is 11.4 Å². The molecule has 2 aromatic carbocycles. The van der Waals surface area contributed by atoms with E-state index in [1.165, 1.54) is 5.56 Å². The van der Waals surface area contributed by atoms with E-state index in [1.54, 1.807) is 30.5 Å². The first-order valence-electron chi connectivity index (χ1n) is 7.06. The Bertz CT molecular complexity index is 750. The Morgan fingerprint density at radius 3 is 2.41 bits per heavy atom. The molecule has 22 heavy (non-hydrogen) atoms. The second kappa shape index (κ2) is 5.85. The Morgan fingerprint density at radius 1 is 1.00 bits per heavy atom. The highest BCUT2D eigenvalue weighted by Gasteiger charge is 2.23. The molecule has 1 N–H and O–H groups in total. The number of carboxylic acids is 1. The third-order valence-corrected chi connectivity index (χ3v) is 3.73. The minimum atomic E-state index is -1.44. The molecule has 0 aromatic heterocycles. The van der Waals surface area contributed by atoms with Crippen LogP contribution in [0.15, 0.2) is 60.8 Å². The van der Waals surface area contributed by atoms with E-state index in [4.69, 9.17) is 5.11 Å². The number of hydrogen-bond donors (Lipinski definition) is 1. The van der Waals surface area contributed by atoms with Crippen molar-refractivity contribution >= 4 is 23.0 Å². The Balaban J connectivity index is 2.04. The third-order valence-electron chi connectivity index (χ3n) is 3.73. The Morgan fingerprint density at radius 2 is 1.68 bits per heavy atom. The van der Waals surface area contributed by atoms with Gasteiger partial charge in [0, 0.05) is 18.4 Å². The molecule has 0 radical (unpaired) electrons. The molecule has 0 bridgehead atoms. The first-order chi connectivity index (χ1) is 10.7. The van der Waals surface area contributed by atoms with E-state index in [-0.39, 0.29) is 5.57 Å². The van der Waals surface area contributed by atoms with Crippen molar-refractivity contribution in [1.29, 1.82) is 0 Å². The molecule has 0 saturated carbocycles. The van der Waals surface area contributed by atoms with Gasteiger partial charge in [-0.05, 0) is 23.6 Å². The van der Waals surface area contributed by atoms with Gasteiger partial charge in [-0.3, -0.25) is 4.79 Å². The van der Waals surface area contributed by atoms with Crippen LogP contribution in [0.1, 0.15) is 11.1 Å². The minimum absolute atomic E-state index is 0.199. The van der Waals surface area contributed by atoms with Crippen molar-refractivity contribution in [2.24, 2.45) is 0 Å². The normalized spacial score (nSPS) is 13.8. The van der Waals surface area contributed by atoms with Crippen molar-refractivity contribution in [1.82, 2.24) is 0 Å². The minimum Gasteiger partial charge on any atom is -0.475 e. The number of rotatable bonds is 4. The number of aliphatic carboxylic acids is 1. The molecule has 1 heterocycles. The Hall–Kier alpha value is -2.88. The van der Waals surface area contributed by atoms with Gasteiger partial charge in [-0.25, -0.2) is 4.79 Å². The highest BCUT2D eigenvalue weighted by Crippen LogP contribution is 2.29. The van der Waals surface area contributed by atoms with Gasteiger partial charge in [-0.1, -0.05) is 48.5 Å². The van der Waals surface area contributed by atoms with Crippen LogP contribution in [0.2, 0.25) is 0 Å². The van der Waals surface area contributed by atoms with Gasteiger partial charge in [0.05, 0.1) is 5.57 Å². The summed E-state index contributed by atoms with van der Waals surface area (Å²) >= 11 is 0. The number of carboxylic acid groups (broad SMARTS) is 1. The maximum absolute atomic E-state index is 12.0. The lowest BCUT2D eigenvalue weighted by Crippen LogP contribution is -2.19. The smallest absolute Gasteiger partial charge is 0.377 e. The second-order valence-corrected chi connectivity index (χ2v) is 5.12. The van der Waals surface area contributed by atoms with E-state index < -0.39 is 11.8 Å². The van der Waals surface area contributed by atoms with Crippen LogP contribution in [-0.4, -0.2) is 23.4 Å². The fourth-order valence-corrected chi connectivity index (χ4v) is 2.65. The number of para-hydroxylation sites is 1. The molecule has 0 fully saturated rings. The topological polar surface area (TPSA) is 57.6 Å². The lowest BCUT2D eigenvalue weighted by atomic mass is 10.0. The van der Waals surface area contributed by atoms with E-state index in [9.17, 15) is 9.59 Å². The van der Waals surface area contributed by atoms with Crippen molar-refractivity contribution in [3.63, 3.8) is 0 Å². The summed E-state index contributed by atoms with van der Waals surface area (Å²) in [5.74, 6) is -2.34. The summed E-state index contributed by atoms with van der Waals surface area (Å²) in [6.45, 7) is 0.739. The Labute approximate surface area is 128 Å². The molecule has 0 aliphatic carbocycles. The van der Waals surface area contributed by atoms with E-state index in [0.29, 0.717) is 5.56 Å². The first-order valence-corrected chi connectivity index (χ1v) is 7.06. The zero-order valence-corrected chi connectivity index (χ0v) is 11.9. The van der Waals surface area contributed by atoms with Crippen LogP contribution in [0.3, 0.4) is 0 Å². The van der Waals surface area contributed by atoms with Crippen molar-refractivity contribution < 1.29 is 14.7 Å². The molecule has 110 valence electrons. The van der Waals surface area contributed by atoms with Gasteiger partial charge in [-0.2, -0.15) is 0 Å². The van der Waals surface area contributed by atoms with Gasteiger partial charge < -0.3 is 10.0 Å². The Kier molecular flexibility index (Phi) is 3.74. The molecule has 0 saturated heterocycles. The molecule has 1 aliphatic heterocycles. The zero-order valence-electron chi connectivity index (χ0n) is 11.9. The molecule has 0 amide bonds. The summed E-state index contributed by atoms with van der Waals surface area (Å²) in [6.07, 6.45) is 2.54. The summed E-state index contributed by atoms with van der Waals surface area (Å²) in [5, 5.41) is 9.07. The van der Waals surface area contributed by atoms with Crippen LogP contribution >= 0.6 is 0 Å². The molecular formula is C18H15NO3. The van der Waals surface area contributed by atoms with E-state index in [2.05, 4.69) is 0 Å². The number of benzene rings is 2. The summed E-state index contributed by atoms with van der Waals surface area (Å²) in [7, 11) is 0. The van der Waals surface area contributed by atoms with E-state index >= 15 is 0 Å². The zero-order chi connectivity index (χ0) is 15.5. The largest absolute Gasteiger partial charge is 0.475 e. The molecule has 2 aromatic rings. The number of fused-ring (bicyclic) bond motifs is 1. The average Bonchev–Trinajstić information content (AvgIpc) is 2.96. The monoisotopic (exact) mass is 293 g/mol. The summed E-state index contributed by atoms with van der Waals surface area (Å²) in [4.78, 5) is 25.1. The maximum Gasteiger partial charge on any atom is 0.377 e. The summed E-state index contributed by atoms with van der Waals surface area (Å²) < 4.78 is 0. The van der Waals surface area contributed by atoms with Crippen molar-refractivity contribution in [2.45, 2.75) is 6.42 Å². The number of nitrogens with zero attached hydrogens (tertiary/aromatic N) is 1. The molecule has 3 rings (SSSR count). The highest BCUT2D eigenvalue weighted by atomic mass is 16.4. The number of carbonyl (C=O) groups excluding carboxylic acids is 1. The van der Waals surface area contributed by atoms with Gasteiger partial charge in [0.1, 0.15) is 0 Å². The van der Waals surface area contributed by atoms with Crippen LogP contribution in [0, 0.1) is 0 Å². The molecular weight excluding hydrogens is 278 g/mol. The number of carbonyl (C=O) groups is 2. The standard InChI is InChI=1S/C18H15NO3/c20-17(18(21)22)15(13-6-2-1-3-7-13)12-19-11-10-14-8-4-5-9-16(14)19/h1-9,12H,10-11H2,(H,21,22)/b15-12-. The van der Waals surface area contributed by atoms with Crippen LogP contribution in [0.5, 0.6) is 0 Å². The molecule has 1 aliphatic rings. The summed E-state index contributed by atoms with van der Waals surface area (Å²) in [6, 6.07) is 16.8. The summed E-state index contributed by atoms with van der Waals surface area (Å²) in [5.41, 5.74) is 3.03. The molecule has 0 atom stereocenters. The fourth-order valence-electron chi connectivity index (χ4n) is 2.65. The third kappa shape index (κ3) is 2.63. The maximum atomic E-state index is 12.0. The van der Waals surface area contributed by atoms with Gasteiger partial charge in [0.25, 0.3) is 5.78 Å². The molecule has 4 heteroatoms. The predicted octanol–water partition coefficient (Wildman–Crippen LogP) is 2.74. The quantitative estimate of drug-likeness (QED) is 0.695. The van der Waals surface area contributed by atoms with Gasteiger partial charge >= 0.3 is 5.97 Å². The van der Waals surface area contributed by atoms with Gasteiger partial charge in [0.15, 0.2) is 0 Å². The SMILES string of the molecule is O=C(O)C(=O)/C(=C\N1CCc2ccccc21)c1ccccc1. The fraction of sp³-hybridized carbons (Fsp3) is 0.111. The average molecular weight is 293 g/mol. The number of ketones is 1. The van der Waals surface area contributed by atoms with Gasteiger partial charge in [-0.15, -0.1) is 0 Å². The predicted molar refractivity (Wildman–Crippen MR) is 84.6 cm³/mol. The number of hydrogen-bond acceptors (Lipinski definition) is 3. The first kappa shape index (κ1) is 14.1. The van der Waals surface area contributed by atoms with Crippen molar-refractivity contribution in [3.05, 3.63) is 71.9 Å². The van der Waals surface area contributed by atoms with Crippen LogP contribution in [0.4, 0.5) is 5.69 Å². The highest BCUT2D eigenvalue weighted by molar-refractivity contribution is 6.51. The lowest BCUT2D eigenvalue weighted by molar-refractivity contribution is -0.146. The van der Waals surface area contributed by atoms with Crippen LogP contribution in [0.25, 0.3) is 5.57 Å². The van der Waals surface area contributed by atoms with Gasteiger partial charge in [0.2, 0.25) is 0 Å². The van der Waals surface area contributed by atoms with E-state index in [1.807, 2.05) is 35.2 Å². The van der Waals surface area contributed by atoms with E-state index in [0.717, 1.165) is 18.7 Å². The van der Waals surface area contributed by atoms with Crippen LogP contribution in [-0.2, 0) is 16.0 Å². The number of Topliss-reactive ketones (excluding diaryl/α,β-unsaturated/α-hetero) is 1. The number of anilines is 1. The molecule has 0 unspecified atom stereocenters. The molecule has 4 nitrogen and oxygen atoms in total. The van der Waals surface area contributed by atoms with Crippen LogP contribution < -0.4 is 4.90 Å². The molecule has 0 spiro atoms. The van der Waals surface area contributed by atoms with Crippen molar-refractivity contribution in [3.8, 4) is 0 Å². The lowest BCUT2D eigenvalue weighted by Gasteiger charge is -2.16. The second-order valence-electron chi connectivity index (χ2n) is 5.12.